The van der Waals surface area contributed by atoms with Crippen LogP contribution in [0.3, 0.4) is 0 Å². The molecule has 2 saturated heterocycles. The predicted octanol–water partition coefficient (Wildman–Crippen LogP) is 2.43. The summed E-state index contributed by atoms with van der Waals surface area (Å²) in [7, 11) is 1.91. The lowest BCUT2D eigenvalue weighted by molar-refractivity contribution is -0.00847. The Balaban J connectivity index is 1.86. The highest BCUT2D eigenvalue weighted by Gasteiger charge is 2.32. The maximum Gasteiger partial charge on any atom is 0.193 e. The fourth-order valence-corrected chi connectivity index (χ4v) is 4.23. The summed E-state index contributed by atoms with van der Waals surface area (Å²) in [5, 5.41) is 3.64. The van der Waals surface area contributed by atoms with Gasteiger partial charge in [-0.2, -0.15) is 0 Å². The van der Waals surface area contributed by atoms with Gasteiger partial charge in [-0.05, 0) is 32.1 Å². The molecule has 2 fully saturated rings. The second-order valence-electron chi connectivity index (χ2n) is 7.88. The molecule has 0 bridgehead atoms. The predicted molar refractivity (Wildman–Crippen MR) is 102 cm³/mol. The molecule has 2 aliphatic heterocycles. The highest BCUT2D eigenvalue weighted by molar-refractivity contribution is 5.80. The number of morpholine rings is 1. The van der Waals surface area contributed by atoms with E-state index in [9.17, 15) is 0 Å². The van der Waals surface area contributed by atoms with Crippen LogP contribution in [-0.4, -0.2) is 74.3 Å². The average molecular weight is 339 g/mol. The molecule has 1 atom stereocenters. The van der Waals surface area contributed by atoms with E-state index in [2.05, 4.69) is 47.8 Å². The largest absolute Gasteiger partial charge is 0.379 e. The van der Waals surface area contributed by atoms with Crippen LogP contribution in [0, 0.1) is 11.8 Å². The molecule has 1 unspecified atom stereocenters. The van der Waals surface area contributed by atoms with Crippen LogP contribution >= 0.6 is 0 Å². The lowest BCUT2D eigenvalue weighted by atomic mass is 9.87. The van der Waals surface area contributed by atoms with Gasteiger partial charge in [-0.15, -0.1) is 0 Å². The van der Waals surface area contributed by atoms with Crippen LogP contribution in [-0.2, 0) is 4.74 Å². The molecule has 0 spiro atoms. The standard InChI is InChI=1S/C19H38N4O/c1-6-16(7-2)17-8-9-22(14-17)18(20-5)21-15-19(3,4)23-10-12-24-13-11-23/h16-17H,6-15H2,1-5H3,(H,20,21). The van der Waals surface area contributed by atoms with E-state index in [4.69, 9.17) is 4.74 Å². The first-order chi connectivity index (χ1) is 11.5. The molecule has 2 rings (SSSR count). The third kappa shape index (κ3) is 4.85. The van der Waals surface area contributed by atoms with Crippen LogP contribution in [0.5, 0.6) is 0 Å². The Labute approximate surface area is 148 Å². The van der Waals surface area contributed by atoms with Crippen LogP contribution in [0.2, 0.25) is 0 Å². The van der Waals surface area contributed by atoms with Crippen molar-refractivity contribution in [1.82, 2.24) is 15.1 Å². The fraction of sp³-hybridized carbons (Fsp3) is 0.947. The Morgan fingerprint density at radius 2 is 1.88 bits per heavy atom. The number of ether oxygens (including phenoxy) is 1. The molecule has 5 heteroatoms. The summed E-state index contributed by atoms with van der Waals surface area (Å²) in [6.07, 6.45) is 3.90. The van der Waals surface area contributed by atoms with Crippen molar-refractivity contribution in [3.8, 4) is 0 Å². The van der Waals surface area contributed by atoms with E-state index in [-0.39, 0.29) is 5.54 Å². The number of hydrogen-bond donors (Lipinski definition) is 1. The van der Waals surface area contributed by atoms with Crippen LogP contribution in [0.15, 0.2) is 4.99 Å². The van der Waals surface area contributed by atoms with E-state index >= 15 is 0 Å². The lowest BCUT2D eigenvalue weighted by Gasteiger charge is -2.41. The smallest absolute Gasteiger partial charge is 0.193 e. The van der Waals surface area contributed by atoms with E-state index in [0.717, 1.165) is 63.7 Å². The Morgan fingerprint density at radius 1 is 1.21 bits per heavy atom. The number of guanidine groups is 1. The Bertz CT molecular complexity index is 400. The topological polar surface area (TPSA) is 40.1 Å². The normalized spacial score (nSPS) is 24.0. The summed E-state index contributed by atoms with van der Waals surface area (Å²) in [6, 6.07) is 0. The number of aliphatic imine (C=N–C) groups is 1. The van der Waals surface area contributed by atoms with Crippen molar-refractivity contribution in [1.29, 1.82) is 0 Å². The fourth-order valence-electron chi connectivity index (χ4n) is 4.23. The van der Waals surface area contributed by atoms with E-state index in [1.807, 2.05) is 7.05 Å². The van der Waals surface area contributed by atoms with Gasteiger partial charge in [0, 0.05) is 45.3 Å². The van der Waals surface area contributed by atoms with Gasteiger partial charge in [-0.3, -0.25) is 9.89 Å². The Hall–Kier alpha value is -0.810. The SMILES string of the molecule is CCC(CC)C1CCN(C(=NC)NCC(C)(C)N2CCOCC2)C1. The second-order valence-corrected chi connectivity index (χ2v) is 7.88. The van der Waals surface area contributed by atoms with Gasteiger partial charge in [-0.1, -0.05) is 26.7 Å². The first-order valence-corrected chi connectivity index (χ1v) is 9.80. The Morgan fingerprint density at radius 3 is 2.46 bits per heavy atom. The van der Waals surface area contributed by atoms with Crippen molar-refractivity contribution >= 4 is 5.96 Å². The average Bonchev–Trinajstić information content (AvgIpc) is 3.07. The molecule has 0 radical (unpaired) electrons. The van der Waals surface area contributed by atoms with E-state index in [1.54, 1.807) is 0 Å². The minimum absolute atomic E-state index is 0.119. The van der Waals surface area contributed by atoms with E-state index in [1.165, 1.54) is 19.3 Å². The van der Waals surface area contributed by atoms with Crippen molar-refractivity contribution in [3.05, 3.63) is 0 Å². The van der Waals surface area contributed by atoms with Crippen molar-refractivity contribution in [2.45, 2.75) is 52.5 Å². The summed E-state index contributed by atoms with van der Waals surface area (Å²) < 4.78 is 5.48. The highest BCUT2D eigenvalue weighted by atomic mass is 16.5. The van der Waals surface area contributed by atoms with Crippen LogP contribution < -0.4 is 5.32 Å². The summed E-state index contributed by atoms with van der Waals surface area (Å²) in [6.45, 7) is 16.2. The zero-order valence-corrected chi connectivity index (χ0v) is 16.5. The van der Waals surface area contributed by atoms with Gasteiger partial charge < -0.3 is 15.0 Å². The third-order valence-corrected chi connectivity index (χ3v) is 6.00. The van der Waals surface area contributed by atoms with E-state index < -0.39 is 0 Å². The maximum absolute atomic E-state index is 5.48. The molecule has 0 amide bonds. The zero-order chi connectivity index (χ0) is 17.6. The maximum atomic E-state index is 5.48. The molecular formula is C19H38N4O. The van der Waals surface area contributed by atoms with Gasteiger partial charge >= 0.3 is 0 Å². The molecule has 0 saturated carbocycles. The van der Waals surface area contributed by atoms with Gasteiger partial charge in [0.15, 0.2) is 5.96 Å². The number of nitrogens with zero attached hydrogens (tertiary/aromatic N) is 3. The van der Waals surface area contributed by atoms with Crippen molar-refractivity contribution in [2.75, 3.05) is 53.0 Å². The first kappa shape index (κ1) is 19.5. The number of hydrogen-bond acceptors (Lipinski definition) is 3. The minimum atomic E-state index is 0.119. The Kier molecular flexibility index (Phi) is 7.35. The summed E-state index contributed by atoms with van der Waals surface area (Å²) in [5.41, 5.74) is 0.119. The van der Waals surface area contributed by atoms with Gasteiger partial charge in [0.1, 0.15) is 0 Å². The lowest BCUT2D eigenvalue weighted by Crippen LogP contribution is -2.56. The number of nitrogens with one attached hydrogen (secondary N) is 1. The molecule has 0 aliphatic carbocycles. The molecule has 2 aliphatic rings. The molecule has 1 N–H and O–H groups in total. The van der Waals surface area contributed by atoms with Crippen LogP contribution in [0.1, 0.15) is 47.0 Å². The van der Waals surface area contributed by atoms with Crippen molar-refractivity contribution < 1.29 is 4.74 Å². The van der Waals surface area contributed by atoms with Crippen LogP contribution in [0.25, 0.3) is 0 Å². The minimum Gasteiger partial charge on any atom is -0.379 e. The van der Waals surface area contributed by atoms with Crippen molar-refractivity contribution in [3.63, 3.8) is 0 Å². The zero-order valence-electron chi connectivity index (χ0n) is 16.5. The third-order valence-electron chi connectivity index (χ3n) is 6.00. The molecule has 0 aromatic rings. The van der Waals surface area contributed by atoms with Gasteiger partial charge in [0.05, 0.1) is 13.2 Å². The molecule has 2 heterocycles. The van der Waals surface area contributed by atoms with Gasteiger partial charge in [0.2, 0.25) is 0 Å². The quantitative estimate of drug-likeness (QED) is 0.596. The summed E-state index contributed by atoms with van der Waals surface area (Å²) in [4.78, 5) is 9.53. The molecule has 5 nitrogen and oxygen atoms in total. The number of likely N-dealkylation sites (tertiary alicyclic amines) is 1. The highest BCUT2D eigenvalue weighted by Crippen LogP contribution is 2.28. The van der Waals surface area contributed by atoms with Gasteiger partial charge in [-0.25, -0.2) is 0 Å². The molecule has 140 valence electrons. The molecular weight excluding hydrogens is 300 g/mol. The molecule has 0 aromatic carbocycles. The molecule has 24 heavy (non-hydrogen) atoms. The van der Waals surface area contributed by atoms with Crippen LogP contribution in [0.4, 0.5) is 0 Å². The summed E-state index contributed by atoms with van der Waals surface area (Å²) >= 11 is 0. The monoisotopic (exact) mass is 338 g/mol. The van der Waals surface area contributed by atoms with Crippen molar-refractivity contribution in [2.24, 2.45) is 16.8 Å². The second kappa shape index (κ2) is 9.04. The summed E-state index contributed by atoms with van der Waals surface area (Å²) in [5.74, 6) is 2.76. The molecule has 0 aromatic heterocycles. The number of rotatable bonds is 6. The van der Waals surface area contributed by atoms with E-state index in [0.29, 0.717) is 0 Å². The van der Waals surface area contributed by atoms with Gasteiger partial charge in [0.25, 0.3) is 0 Å². The first-order valence-electron chi connectivity index (χ1n) is 9.80.